The van der Waals surface area contributed by atoms with E-state index in [1.54, 1.807) is 6.92 Å². The molecule has 0 aliphatic rings. The summed E-state index contributed by atoms with van der Waals surface area (Å²) < 4.78 is 75.9. The van der Waals surface area contributed by atoms with Crippen molar-refractivity contribution in [1.29, 1.82) is 0 Å². The predicted molar refractivity (Wildman–Crippen MR) is 119 cm³/mol. The lowest BCUT2D eigenvalue weighted by Crippen LogP contribution is -2.18. The van der Waals surface area contributed by atoms with E-state index >= 15 is 0 Å². The molecule has 27 heavy (non-hydrogen) atoms. The van der Waals surface area contributed by atoms with Crippen molar-refractivity contribution in [1.82, 2.24) is 0 Å². The van der Waals surface area contributed by atoms with Crippen LogP contribution < -0.4 is 0 Å². The highest BCUT2D eigenvalue weighted by molar-refractivity contribution is 5.81. The van der Waals surface area contributed by atoms with Gasteiger partial charge in [0.05, 0.1) is 12.3 Å². The molecule has 0 aliphatic carbocycles. The SMILES string of the molecule is [2H]c1c([2H])c([2H])c(-c2cc(C(C)(C)C)cc(-c3c([2H])c([2H])c([2H])c(C)c3[2H])c2C(C)(C)C)c([2H])c1[2H]. The van der Waals surface area contributed by atoms with Gasteiger partial charge in [0.15, 0.2) is 0 Å². The van der Waals surface area contributed by atoms with Crippen LogP contribution in [0.5, 0.6) is 0 Å². The van der Waals surface area contributed by atoms with Crippen LogP contribution in [0.25, 0.3) is 22.3 Å². The molecule has 3 aromatic carbocycles. The smallest absolute Gasteiger partial charge is 0.0622 e. The Hall–Kier alpha value is -2.34. The van der Waals surface area contributed by atoms with Gasteiger partial charge in [-0.3, -0.25) is 0 Å². The van der Waals surface area contributed by atoms with Crippen LogP contribution in [0.15, 0.2) is 66.5 Å². The molecular weight excluding hydrogens is 324 g/mol. The van der Waals surface area contributed by atoms with Gasteiger partial charge in [0, 0.05) is 0 Å². The fourth-order valence-corrected chi connectivity index (χ4v) is 3.23. The molecule has 0 nitrogen and oxygen atoms in total. The van der Waals surface area contributed by atoms with Gasteiger partial charge in [0.1, 0.15) is 0 Å². The number of hydrogen-bond donors (Lipinski definition) is 0. The normalized spacial score (nSPS) is 16.9. The Morgan fingerprint density at radius 3 is 1.78 bits per heavy atom. The van der Waals surface area contributed by atoms with Crippen LogP contribution in [0.4, 0.5) is 0 Å². The first kappa shape index (κ1) is 10.9. The van der Waals surface area contributed by atoms with Crippen molar-refractivity contribution in [3.63, 3.8) is 0 Å². The van der Waals surface area contributed by atoms with E-state index in [4.69, 9.17) is 12.3 Å². The minimum absolute atomic E-state index is 0.0235. The molecule has 0 saturated heterocycles. The number of hydrogen-bond acceptors (Lipinski definition) is 0. The van der Waals surface area contributed by atoms with Crippen molar-refractivity contribution in [3.8, 4) is 22.3 Å². The van der Waals surface area contributed by atoms with Crippen molar-refractivity contribution in [3.05, 3.63) is 83.2 Å². The quantitative estimate of drug-likeness (QED) is 0.432. The summed E-state index contributed by atoms with van der Waals surface area (Å²) in [6.07, 6.45) is 0. The van der Waals surface area contributed by atoms with E-state index in [9.17, 15) is 0 Å². The van der Waals surface area contributed by atoms with Crippen LogP contribution in [-0.4, -0.2) is 0 Å². The summed E-state index contributed by atoms with van der Waals surface area (Å²) in [4.78, 5) is 0. The monoisotopic (exact) mass is 365 g/mol. The zero-order valence-corrected chi connectivity index (χ0v) is 17.2. The second kappa shape index (κ2) is 7.00. The van der Waals surface area contributed by atoms with Crippen molar-refractivity contribution < 1.29 is 12.3 Å². The molecule has 0 radical (unpaired) electrons. The minimum atomic E-state index is -0.626. The largest absolute Gasteiger partial charge is 0.0632 e. The van der Waals surface area contributed by atoms with E-state index in [-0.39, 0.29) is 52.9 Å². The summed E-state index contributed by atoms with van der Waals surface area (Å²) >= 11 is 0. The summed E-state index contributed by atoms with van der Waals surface area (Å²) in [6.45, 7) is 13.4. The first-order chi connectivity index (χ1) is 16.3. The van der Waals surface area contributed by atoms with Crippen molar-refractivity contribution in [2.24, 2.45) is 0 Å². The molecule has 0 N–H and O–H groups in total. The van der Waals surface area contributed by atoms with Crippen LogP contribution in [0, 0.1) is 6.92 Å². The Bertz CT molecular complexity index is 1240. The van der Waals surface area contributed by atoms with Gasteiger partial charge in [-0.05, 0) is 51.1 Å². The van der Waals surface area contributed by atoms with Gasteiger partial charge < -0.3 is 0 Å². The summed E-state index contributed by atoms with van der Waals surface area (Å²) in [7, 11) is 0. The Balaban J connectivity index is 2.71. The summed E-state index contributed by atoms with van der Waals surface area (Å²) in [6, 6.07) is 1.06. The maximum atomic E-state index is 8.81. The van der Waals surface area contributed by atoms with E-state index in [0.29, 0.717) is 16.7 Å². The minimum Gasteiger partial charge on any atom is -0.0622 e. The molecule has 0 aliphatic heterocycles. The van der Waals surface area contributed by atoms with E-state index < -0.39 is 29.0 Å². The lowest BCUT2D eigenvalue weighted by Gasteiger charge is -2.30. The Labute approximate surface area is 177 Å². The van der Waals surface area contributed by atoms with Crippen LogP contribution in [0.2, 0.25) is 0 Å². The fourth-order valence-electron chi connectivity index (χ4n) is 3.23. The third kappa shape index (κ3) is 4.16. The van der Waals surface area contributed by atoms with Crippen molar-refractivity contribution in [2.75, 3.05) is 0 Å². The molecule has 0 amide bonds. The molecule has 0 atom stereocenters. The molecule has 140 valence electrons. The molecule has 3 rings (SSSR count). The van der Waals surface area contributed by atoms with Gasteiger partial charge in [-0.15, -0.1) is 0 Å². The third-order valence-electron chi connectivity index (χ3n) is 4.54. The summed E-state index contributed by atoms with van der Waals surface area (Å²) in [5.74, 6) is 0. The van der Waals surface area contributed by atoms with Gasteiger partial charge >= 0.3 is 0 Å². The molecule has 3 aromatic rings. The van der Waals surface area contributed by atoms with E-state index in [1.165, 1.54) is 0 Å². The van der Waals surface area contributed by atoms with Gasteiger partial charge in [-0.2, -0.15) is 0 Å². The molecule has 0 heteroatoms. The molecule has 0 spiro atoms. The molecule has 0 saturated carbocycles. The van der Waals surface area contributed by atoms with Crippen molar-refractivity contribution in [2.45, 2.75) is 59.3 Å². The summed E-state index contributed by atoms with van der Waals surface area (Å²) in [5.41, 5.74) is 1.89. The second-order valence-electron chi connectivity index (χ2n) is 8.95. The van der Waals surface area contributed by atoms with E-state index in [1.807, 2.05) is 53.7 Å². The molecule has 0 aromatic heterocycles. The van der Waals surface area contributed by atoms with Crippen LogP contribution >= 0.6 is 0 Å². The van der Waals surface area contributed by atoms with Gasteiger partial charge in [-0.1, -0.05) is 114 Å². The van der Waals surface area contributed by atoms with E-state index in [0.717, 1.165) is 5.56 Å². The number of rotatable bonds is 2. The van der Waals surface area contributed by atoms with Gasteiger partial charge in [0.2, 0.25) is 0 Å². The highest BCUT2D eigenvalue weighted by Crippen LogP contribution is 2.43. The molecule has 0 bridgehead atoms. The van der Waals surface area contributed by atoms with E-state index in [2.05, 4.69) is 0 Å². The Morgan fingerprint density at radius 1 is 0.667 bits per heavy atom. The van der Waals surface area contributed by atoms with Crippen LogP contribution in [-0.2, 0) is 10.8 Å². The predicted octanol–water partition coefficient (Wildman–Crippen LogP) is 7.92. The first-order valence-electron chi connectivity index (χ1n) is 13.7. The summed E-state index contributed by atoms with van der Waals surface area (Å²) in [5, 5.41) is 0. The standard InChI is InChI=1S/C27H32/c1-19-12-11-15-21(16-19)24-18-22(26(2,3)4)17-23(25(24)27(5,6)7)20-13-9-8-10-14-20/h8-18H,1-7H3/i8D,9D,10D,11D,12D,13D,14D,15D,16D. The maximum Gasteiger partial charge on any atom is 0.0632 e. The maximum absolute atomic E-state index is 8.81. The molecule has 0 fully saturated rings. The highest BCUT2D eigenvalue weighted by Gasteiger charge is 2.26. The lowest BCUT2D eigenvalue weighted by atomic mass is 9.74. The van der Waals surface area contributed by atoms with Gasteiger partial charge in [-0.25, -0.2) is 0 Å². The second-order valence-corrected chi connectivity index (χ2v) is 8.95. The number of benzene rings is 3. The fraction of sp³-hybridized carbons (Fsp3) is 0.333. The molecule has 0 unspecified atom stereocenters. The topological polar surface area (TPSA) is 0 Å². The average molecular weight is 366 g/mol. The Morgan fingerprint density at radius 2 is 1.22 bits per heavy atom. The average Bonchev–Trinajstić information content (AvgIpc) is 2.77. The first-order valence-corrected chi connectivity index (χ1v) is 9.15. The highest BCUT2D eigenvalue weighted by atomic mass is 14.3. The zero-order chi connectivity index (χ0) is 27.7. The van der Waals surface area contributed by atoms with Crippen LogP contribution in [0.3, 0.4) is 0 Å². The molecule has 0 heterocycles. The van der Waals surface area contributed by atoms with Crippen molar-refractivity contribution >= 4 is 0 Å². The zero-order valence-electron chi connectivity index (χ0n) is 26.2. The van der Waals surface area contributed by atoms with Gasteiger partial charge in [0.25, 0.3) is 0 Å². The molecular formula is C27H32. The van der Waals surface area contributed by atoms with Crippen LogP contribution in [0.1, 0.15) is 70.6 Å². The third-order valence-corrected chi connectivity index (χ3v) is 4.54. The Kier molecular flexibility index (Phi) is 2.81. The lowest BCUT2D eigenvalue weighted by molar-refractivity contribution is 0.580.